The van der Waals surface area contributed by atoms with Gasteiger partial charge in [0.1, 0.15) is 12.5 Å². The smallest absolute Gasteiger partial charge is 0.128 e. The molecule has 13 heavy (non-hydrogen) atoms. The number of piperazine rings is 1. The maximum atomic E-state index is 4.08. The first-order valence-corrected chi connectivity index (χ1v) is 5.21. The van der Waals surface area contributed by atoms with Crippen molar-refractivity contribution in [3.8, 4) is 0 Å². The van der Waals surface area contributed by atoms with Crippen LogP contribution in [-0.4, -0.2) is 36.5 Å². The van der Waals surface area contributed by atoms with Crippen molar-refractivity contribution >= 4 is 6.34 Å². The number of hydrogen-bond donors (Lipinski definition) is 2. The molecule has 2 heterocycles. The summed E-state index contributed by atoms with van der Waals surface area (Å²) in [6, 6.07) is 0.705. The number of fused-ring (bicyclic) bond motifs is 1. The lowest BCUT2D eigenvalue weighted by Crippen LogP contribution is -2.60. The van der Waals surface area contributed by atoms with Gasteiger partial charge in [0.25, 0.3) is 0 Å². The zero-order valence-corrected chi connectivity index (χ0v) is 7.74. The minimum absolute atomic E-state index is 0.413. The van der Waals surface area contributed by atoms with Crippen LogP contribution in [0.4, 0.5) is 0 Å². The molecule has 1 saturated carbocycles. The Bertz CT molecular complexity index is 224. The lowest BCUT2D eigenvalue weighted by atomic mass is 9.79. The van der Waals surface area contributed by atoms with E-state index < -0.39 is 0 Å². The van der Waals surface area contributed by atoms with E-state index in [2.05, 4.69) is 20.7 Å². The van der Waals surface area contributed by atoms with Gasteiger partial charge >= 0.3 is 0 Å². The fourth-order valence-corrected chi connectivity index (χ4v) is 2.40. The van der Waals surface area contributed by atoms with Crippen molar-refractivity contribution in [2.75, 3.05) is 13.1 Å². The van der Waals surface area contributed by atoms with Gasteiger partial charge in [-0.3, -0.25) is 5.43 Å². The average molecular weight is 180 g/mol. The van der Waals surface area contributed by atoms with Gasteiger partial charge in [0.05, 0.1) is 0 Å². The summed E-state index contributed by atoms with van der Waals surface area (Å²) < 4.78 is 0. The lowest BCUT2D eigenvalue weighted by molar-refractivity contribution is 0.134. The van der Waals surface area contributed by atoms with Gasteiger partial charge in [0.15, 0.2) is 0 Å². The largest absolute Gasteiger partial charge is 0.337 e. The highest BCUT2D eigenvalue weighted by Gasteiger charge is 2.34. The third kappa shape index (κ3) is 1.20. The maximum Gasteiger partial charge on any atom is 0.128 e. The summed E-state index contributed by atoms with van der Waals surface area (Å²) in [7, 11) is 0. The summed E-state index contributed by atoms with van der Waals surface area (Å²) in [5.41, 5.74) is 3.09. The van der Waals surface area contributed by atoms with E-state index in [9.17, 15) is 0 Å². The van der Waals surface area contributed by atoms with Crippen LogP contribution in [0.1, 0.15) is 19.3 Å². The van der Waals surface area contributed by atoms with Crippen molar-refractivity contribution in [1.29, 1.82) is 0 Å². The number of hydrazone groups is 1. The Morgan fingerprint density at radius 1 is 1.38 bits per heavy atom. The molecule has 4 heteroatoms. The fraction of sp³-hybridized carbons (Fsp3) is 0.889. The van der Waals surface area contributed by atoms with Gasteiger partial charge < -0.3 is 10.2 Å². The molecule has 2 atom stereocenters. The molecule has 0 aromatic carbocycles. The number of hydrogen-bond acceptors (Lipinski definition) is 4. The molecule has 0 aromatic rings. The van der Waals surface area contributed by atoms with Gasteiger partial charge in [-0.05, 0) is 18.8 Å². The van der Waals surface area contributed by atoms with Crippen molar-refractivity contribution in [2.24, 2.45) is 11.0 Å². The molecule has 0 amide bonds. The molecule has 2 unspecified atom stereocenters. The molecule has 1 saturated heterocycles. The summed E-state index contributed by atoms with van der Waals surface area (Å²) in [4.78, 5) is 2.32. The van der Waals surface area contributed by atoms with Crippen LogP contribution in [0.15, 0.2) is 5.10 Å². The van der Waals surface area contributed by atoms with Crippen LogP contribution >= 0.6 is 0 Å². The van der Waals surface area contributed by atoms with Gasteiger partial charge in [-0.25, -0.2) is 0 Å². The van der Waals surface area contributed by atoms with E-state index in [0.717, 1.165) is 19.0 Å². The van der Waals surface area contributed by atoms with E-state index in [4.69, 9.17) is 0 Å². The molecule has 2 fully saturated rings. The van der Waals surface area contributed by atoms with Crippen LogP contribution in [0.2, 0.25) is 0 Å². The first kappa shape index (κ1) is 7.62. The first-order valence-electron chi connectivity index (χ1n) is 5.21. The second kappa shape index (κ2) is 2.87. The van der Waals surface area contributed by atoms with E-state index >= 15 is 0 Å². The number of rotatable bonds is 1. The summed E-state index contributed by atoms with van der Waals surface area (Å²) in [6.45, 7) is 2.16. The van der Waals surface area contributed by atoms with Gasteiger partial charge in [-0.1, -0.05) is 6.42 Å². The molecule has 0 bridgehead atoms. The quantitative estimate of drug-likeness (QED) is 0.593. The summed E-state index contributed by atoms with van der Waals surface area (Å²) in [6.07, 6.45) is 6.62. The Hall–Kier alpha value is -0.770. The highest BCUT2D eigenvalue weighted by Crippen LogP contribution is 2.31. The van der Waals surface area contributed by atoms with E-state index in [-0.39, 0.29) is 0 Å². The van der Waals surface area contributed by atoms with Crippen LogP contribution in [0.5, 0.6) is 0 Å². The Labute approximate surface area is 78.4 Å². The van der Waals surface area contributed by atoms with Crippen LogP contribution in [0, 0.1) is 5.92 Å². The Morgan fingerprint density at radius 3 is 3.08 bits per heavy atom. The third-order valence-corrected chi connectivity index (χ3v) is 3.53. The minimum atomic E-state index is 0.413. The maximum absolute atomic E-state index is 4.08. The van der Waals surface area contributed by atoms with E-state index in [1.54, 1.807) is 0 Å². The van der Waals surface area contributed by atoms with Crippen molar-refractivity contribution in [2.45, 2.75) is 31.5 Å². The second-order valence-corrected chi connectivity index (χ2v) is 4.29. The van der Waals surface area contributed by atoms with Crippen molar-refractivity contribution < 1.29 is 0 Å². The Kier molecular flexibility index (Phi) is 1.68. The van der Waals surface area contributed by atoms with Crippen molar-refractivity contribution in [3.63, 3.8) is 0 Å². The molecule has 0 aromatic heterocycles. The molecule has 2 aliphatic heterocycles. The standard InChI is InChI=1S/C9H16N4/c1-2-7(3-1)8-5-13-6-11-12-9(13)4-10-8/h6-10,12H,1-5H2. The number of nitrogens with zero attached hydrogens (tertiary/aromatic N) is 2. The molecule has 0 radical (unpaired) electrons. The average Bonchev–Trinajstić information content (AvgIpc) is 2.47. The lowest BCUT2D eigenvalue weighted by Gasteiger charge is -2.42. The molecule has 2 N–H and O–H groups in total. The summed E-state index contributed by atoms with van der Waals surface area (Å²) in [5.74, 6) is 0.926. The van der Waals surface area contributed by atoms with Crippen molar-refractivity contribution in [1.82, 2.24) is 15.6 Å². The molecule has 4 nitrogen and oxygen atoms in total. The molecular formula is C9H16N4. The number of nitrogens with one attached hydrogen (secondary N) is 2. The van der Waals surface area contributed by atoms with Crippen LogP contribution in [0.3, 0.4) is 0 Å². The zero-order valence-electron chi connectivity index (χ0n) is 7.74. The normalized spacial score (nSPS) is 38.3. The van der Waals surface area contributed by atoms with Crippen molar-refractivity contribution in [3.05, 3.63) is 0 Å². The van der Waals surface area contributed by atoms with Crippen LogP contribution < -0.4 is 10.7 Å². The molecular weight excluding hydrogens is 164 g/mol. The summed E-state index contributed by atoms with van der Waals surface area (Å²) in [5, 5.41) is 7.68. The van der Waals surface area contributed by atoms with Gasteiger partial charge in [0, 0.05) is 19.1 Å². The minimum Gasteiger partial charge on any atom is -0.337 e. The predicted molar refractivity (Wildman–Crippen MR) is 51.3 cm³/mol. The predicted octanol–water partition coefficient (Wildman–Crippen LogP) is -0.0671. The van der Waals surface area contributed by atoms with Gasteiger partial charge in [-0.15, -0.1) is 0 Å². The topological polar surface area (TPSA) is 39.7 Å². The molecule has 1 aliphatic carbocycles. The van der Waals surface area contributed by atoms with E-state index in [1.165, 1.54) is 19.3 Å². The fourth-order valence-electron chi connectivity index (χ4n) is 2.40. The van der Waals surface area contributed by atoms with Gasteiger partial charge in [-0.2, -0.15) is 5.10 Å². The zero-order chi connectivity index (χ0) is 8.67. The van der Waals surface area contributed by atoms with E-state index in [1.807, 2.05) is 6.34 Å². The molecule has 72 valence electrons. The molecule has 3 aliphatic rings. The second-order valence-electron chi connectivity index (χ2n) is 4.29. The Morgan fingerprint density at radius 2 is 2.31 bits per heavy atom. The summed E-state index contributed by atoms with van der Waals surface area (Å²) >= 11 is 0. The molecule has 3 rings (SSSR count). The molecule has 0 spiro atoms. The highest BCUT2D eigenvalue weighted by atomic mass is 15.5. The van der Waals surface area contributed by atoms with E-state index in [0.29, 0.717) is 12.2 Å². The Balaban J connectivity index is 1.63. The van der Waals surface area contributed by atoms with Crippen LogP contribution in [-0.2, 0) is 0 Å². The van der Waals surface area contributed by atoms with Crippen LogP contribution in [0.25, 0.3) is 0 Å². The highest BCUT2D eigenvalue weighted by molar-refractivity contribution is 5.57. The first-order chi connectivity index (χ1) is 6.43. The third-order valence-electron chi connectivity index (χ3n) is 3.53. The van der Waals surface area contributed by atoms with Gasteiger partial charge in [0.2, 0.25) is 0 Å². The SMILES string of the molecule is C1=NNC2CNC(C3CCC3)CN12. The monoisotopic (exact) mass is 180 g/mol.